The van der Waals surface area contributed by atoms with Crippen molar-refractivity contribution in [1.29, 1.82) is 0 Å². The van der Waals surface area contributed by atoms with Crippen LogP contribution in [0.2, 0.25) is 0 Å². The first-order valence-corrected chi connectivity index (χ1v) is 12.1. The van der Waals surface area contributed by atoms with Gasteiger partial charge in [0, 0.05) is 44.9 Å². The largest absolute Gasteiger partial charge is 0.377 e. The molecule has 1 aromatic carbocycles. The van der Waals surface area contributed by atoms with Crippen LogP contribution in [0.5, 0.6) is 0 Å². The van der Waals surface area contributed by atoms with E-state index in [2.05, 4.69) is 28.4 Å². The van der Waals surface area contributed by atoms with E-state index in [1.165, 1.54) is 5.56 Å². The Balaban J connectivity index is 1.47. The Labute approximate surface area is 188 Å². The number of carbonyl (C=O) groups is 1. The van der Waals surface area contributed by atoms with Gasteiger partial charge in [-0.2, -0.15) is 0 Å². The van der Waals surface area contributed by atoms with Gasteiger partial charge in [0.1, 0.15) is 0 Å². The number of likely N-dealkylation sites (N-methyl/N-ethyl adjacent to an activating group) is 1. The molecule has 3 aromatic rings. The van der Waals surface area contributed by atoms with Gasteiger partial charge in [-0.15, -0.1) is 11.3 Å². The van der Waals surface area contributed by atoms with Crippen molar-refractivity contribution in [3.8, 4) is 0 Å². The molecule has 0 spiro atoms. The molecule has 0 saturated carbocycles. The molecule has 166 valence electrons. The molecule has 1 atom stereocenters. The van der Waals surface area contributed by atoms with Gasteiger partial charge in [-0.1, -0.05) is 37.3 Å². The van der Waals surface area contributed by atoms with Crippen LogP contribution in [-0.4, -0.2) is 64.5 Å². The molecule has 4 rings (SSSR count). The number of rotatable bonds is 9. The van der Waals surface area contributed by atoms with Crippen LogP contribution in [0.1, 0.15) is 47.9 Å². The first-order valence-electron chi connectivity index (χ1n) is 11.2. The van der Waals surface area contributed by atoms with Gasteiger partial charge in [-0.25, -0.2) is 4.98 Å². The summed E-state index contributed by atoms with van der Waals surface area (Å²) in [5.41, 5.74) is 2.81. The van der Waals surface area contributed by atoms with Crippen LogP contribution in [0.4, 0.5) is 0 Å². The number of hydrogen-bond acceptors (Lipinski definition) is 5. The number of ether oxygens (including phenoxy) is 1. The summed E-state index contributed by atoms with van der Waals surface area (Å²) in [6.07, 6.45) is 6.43. The van der Waals surface area contributed by atoms with Crippen molar-refractivity contribution in [1.82, 2.24) is 19.2 Å². The molecule has 1 unspecified atom stereocenters. The summed E-state index contributed by atoms with van der Waals surface area (Å²) in [5, 5.41) is 2.03. The van der Waals surface area contributed by atoms with E-state index in [1.54, 1.807) is 16.2 Å². The summed E-state index contributed by atoms with van der Waals surface area (Å²) in [7, 11) is 1.87. The minimum atomic E-state index is -0.00220. The Morgan fingerprint density at radius 1 is 1.32 bits per heavy atom. The normalized spacial score (nSPS) is 17.3. The number of imidazole rings is 1. The number of carbonyl (C=O) groups excluding carboxylic acids is 1. The van der Waals surface area contributed by atoms with E-state index in [-0.39, 0.29) is 12.0 Å². The highest BCUT2D eigenvalue weighted by Crippen LogP contribution is 2.23. The molecule has 1 saturated heterocycles. The SMILES string of the molecule is CCCOC1CCCN(Cc2c(C(=O)N(C)CCc3ccccc3)nc3sccn23)C1. The molecule has 0 N–H and O–H groups in total. The molecule has 6 nitrogen and oxygen atoms in total. The van der Waals surface area contributed by atoms with Gasteiger partial charge in [0.25, 0.3) is 5.91 Å². The Morgan fingerprint density at radius 2 is 2.16 bits per heavy atom. The Hall–Kier alpha value is -2.22. The van der Waals surface area contributed by atoms with E-state index in [9.17, 15) is 4.79 Å². The lowest BCUT2D eigenvalue weighted by atomic mass is 10.1. The van der Waals surface area contributed by atoms with Gasteiger partial charge in [0.15, 0.2) is 10.7 Å². The monoisotopic (exact) mass is 440 g/mol. The Bertz CT molecular complexity index is 984. The summed E-state index contributed by atoms with van der Waals surface area (Å²) in [6.45, 7) is 6.29. The topological polar surface area (TPSA) is 50.1 Å². The molecule has 31 heavy (non-hydrogen) atoms. The molecule has 7 heteroatoms. The van der Waals surface area contributed by atoms with Crippen molar-refractivity contribution in [2.75, 3.05) is 33.3 Å². The van der Waals surface area contributed by atoms with Crippen molar-refractivity contribution in [2.45, 2.75) is 45.3 Å². The number of thiazole rings is 1. The van der Waals surface area contributed by atoms with Gasteiger partial charge in [-0.3, -0.25) is 14.1 Å². The smallest absolute Gasteiger partial charge is 0.274 e. The van der Waals surface area contributed by atoms with Crippen LogP contribution in [-0.2, 0) is 17.7 Å². The van der Waals surface area contributed by atoms with Crippen LogP contribution in [0.25, 0.3) is 4.96 Å². The first-order chi connectivity index (χ1) is 15.2. The molecule has 1 amide bonds. The third-order valence-corrected chi connectivity index (χ3v) is 6.64. The predicted octanol–water partition coefficient (Wildman–Crippen LogP) is 4.10. The molecule has 0 radical (unpaired) electrons. The van der Waals surface area contributed by atoms with E-state index in [0.29, 0.717) is 12.2 Å². The van der Waals surface area contributed by atoms with Crippen molar-refractivity contribution < 1.29 is 9.53 Å². The lowest BCUT2D eigenvalue weighted by Gasteiger charge is -2.32. The lowest BCUT2D eigenvalue weighted by Crippen LogP contribution is -2.40. The summed E-state index contributed by atoms with van der Waals surface area (Å²) in [6, 6.07) is 10.3. The minimum Gasteiger partial charge on any atom is -0.377 e. The zero-order valence-electron chi connectivity index (χ0n) is 18.5. The van der Waals surface area contributed by atoms with Crippen LogP contribution < -0.4 is 0 Å². The van der Waals surface area contributed by atoms with Crippen molar-refractivity contribution in [3.63, 3.8) is 0 Å². The third-order valence-electron chi connectivity index (χ3n) is 5.88. The number of likely N-dealkylation sites (tertiary alicyclic amines) is 1. The summed E-state index contributed by atoms with van der Waals surface area (Å²) < 4.78 is 8.09. The number of piperidine rings is 1. The third kappa shape index (κ3) is 5.34. The van der Waals surface area contributed by atoms with Crippen molar-refractivity contribution >= 4 is 22.2 Å². The van der Waals surface area contributed by atoms with E-state index in [1.807, 2.05) is 36.8 Å². The Morgan fingerprint density at radius 3 is 2.97 bits per heavy atom. The van der Waals surface area contributed by atoms with Crippen LogP contribution >= 0.6 is 11.3 Å². The maximum absolute atomic E-state index is 13.3. The average molecular weight is 441 g/mol. The second-order valence-corrected chi connectivity index (χ2v) is 9.17. The second kappa shape index (κ2) is 10.4. The molecule has 0 bridgehead atoms. The average Bonchev–Trinajstić information content (AvgIpc) is 3.39. The quantitative estimate of drug-likeness (QED) is 0.503. The molecule has 3 heterocycles. The highest BCUT2D eigenvalue weighted by atomic mass is 32.1. The minimum absolute atomic E-state index is 0.00220. The zero-order chi connectivity index (χ0) is 21.6. The standard InChI is InChI=1S/C24H32N4O2S/c1-3-15-30-20-10-7-12-27(17-20)18-21-22(25-24-28(21)14-16-31-24)23(29)26(2)13-11-19-8-5-4-6-9-19/h4-6,8-9,14,16,20H,3,7,10-13,15,17-18H2,1-2H3. The number of benzene rings is 1. The van der Waals surface area contributed by atoms with Gasteiger partial charge in [-0.05, 0) is 37.8 Å². The highest BCUT2D eigenvalue weighted by Gasteiger charge is 2.26. The van der Waals surface area contributed by atoms with Crippen LogP contribution in [0.3, 0.4) is 0 Å². The number of hydrogen-bond donors (Lipinski definition) is 0. The number of nitrogens with zero attached hydrogens (tertiary/aromatic N) is 4. The summed E-state index contributed by atoms with van der Waals surface area (Å²) >= 11 is 1.57. The molecule has 1 fully saturated rings. The van der Waals surface area contributed by atoms with Crippen molar-refractivity contribution in [3.05, 3.63) is 58.9 Å². The van der Waals surface area contributed by atoms with Crippen LogP contribution in [0.15, 0.2) is 41.9 Å². The van der Waals surface area contributed by atoms with Gasteiger partial charge < -0.3 is 9.64 Å². The van der Waals surface area contributed by atoms with Gasteiger partial charge in [0.2, 0.25) is 0 Å². The maximum atomic E-state index is 13.3. The Kier molecular flexibility index (Phi) is 7.37. The van der Waals surface area contributed by atoms with Crippen LogP contribution in [0, 0.1) is 0 Å². The van der Waals surface area contributed by atoms with E-state index < -0.39 is 0 Å². The van der Waals surface area contributed by atoms with Crippen molar-refractivity contribution in [2.24, 2.45) is 0 Å². The van der Waals surface area contributed by atoms with Gasteiger partial charge >= 0.3 is 0 Å². The summed E-state index contributed by atoms with van der Waals surface area (Å²) in [5.74, 6) is -0.00220. The lowest BCUT2D eigenvalue weighted by molar-refractivity contribution is -0.00264. The predicted molar refractivity (Wildman–Crippen MR) is 125 cm³/mol. The van der Waals surface area contributed by atoms with E-state index in [0.717, 1.165) is 62.6 Å². The molecule has 1 aliphatic rings. The van der Waals surface area contributed by atoms with Gasteiger partial charge in [0.05, 0.1) is 11.8 Å². The molecular weight excluding hydrogens is 408 g/mol. The fraction of sp³-hybridized carbons (Fsp3) is 0.500. The fourth-order valence-electron chi connectivity index (χ4n) is 4.17. The number of fused-ring (bicyclic) bond motifs is 1. The zero-order valence-corrected chi connectivity index (χ0v) is 19.3. The summed E-state index contributed by atoms with van der Waals surface area (Å²) in [4.78, 5) is 23.1. The molecular formula is C24H32N4O2S. The molecule has 2 aromatic heterocycles. The maximum Gasteiger partial charge on any atom is 0.274 e. The number of aromatic nitrogens is 2. The van der Waals surface area contributed by atoms with E-state index >= 15 is 0 Å². The second-order valence-electron chi connectivity index (χ2n) is 8.30. The molecule has 1 aliphatic heterocycles. The highest BCUT2D eigenvalue weighted by molar-refractivity contribution is 7.15. The van der Waals surface area contributed by atoms with E-state index in [4.69, 9.17) is 9.72 Å². The first kappa shape index (κ1) is 22.0. The number of amides is 1. The molecule has 0 aliphatic carbocycles. The fourth-order valence-corrected chi connectivity index (χ4v) is 4.90.